The van der Waals surface area contributed by atoms with Gasteiger partial charge >= 0.3 is 0 Å². The van der Waals surface area contributed by atoms with Crippen molar-refractivity contribution in [1.29, 1.82) is 0 Å². The minimum atomic E-state index is -1.15. The van der Waals surface area contributed by atoms with E-state index in [0.717, 1.165) is 18.2 Å². The van der Waals surface area contributed by atoms with Gasteiger partial charge in [-0.25, -0.2) is 13.2 Å². The Morgan fingerprint density at radius 2 is 0.981 bits per heavy atom. The van der Waals surface area contributed by atoms with Crippen LogP contribution in [0, 0.1) is 31.3 Å². The van der Waals surface area contributed by atoms with Gasteiger partial charge < -0.3 is 18.3 Å². The van der Waals surface area contributed by atoms with Crippen molar-refractivity contribution < 1.29 is 39.9 Å². The Kier molecular flexibility index (Phi) is 12.0. The first-order valence-electron chi connectivity index (χ1n) is 15.1. The standard InChI is InChI=1S/C19H14ClFO4S.C19H14F2O4S/c2*1-11-9-16(22)19(25-17-8-5-13(20)10-15(17)21)18(24-11)12-3-6-14(7-4-12)26(2)23/h2*3-10H,1-2H3. The number of ether oxygens (including phenoxy) is 2. The fourth-order valence-electron chi connectivity index (χ4n) is 4.70. The maximum Gasteiger partial charge on any atom is 0.228 e. The van der Waals surface area contributed by atoms with Gasteiger partial charge in [-0.05, 0) is 92.7 Å². The van der Waals surface area contributed by atoms with Crippen LogP contribution in [0.15, 0.2) is 125 Å². The molecule has 0 amide bonds. The summed E-state index contributed by atoms with van der Waals surface area (Å²) in [5, 5.41) is 0.217. The SMILES string of the molecule is Cc1cc(=O)c(Oc2ccc(Cl)cc2F)c(-c2ccc(S(C)=O)cc2)o1.Cc1cc(=O)c(Oc2ccc(F)cc2F)c(-c2ccc(S(C)=O)cc2)o1. The Morgan fingerprint density at radius 3 is 1.37 bits per heavy atom. The fourth-order valence-corrected chi connectivity index (χ4v) is 5.90. The van der Waals surface area contributed by atoms with Gasteiger partial charge in [-0.2, -0.15) is 0 Å². The molecule has 0 bridgehead atoms. The quantitative estimate of drug-likeness (QED) is 0.151. The lowest BCUT2D eigenvalue weighted by Crippen LogP contribution is -2.07. The van der Waals surface area contributed by atoms with Crippen LogP contribution in [0.3, 0.4) is 0 Å². The Hall–Kier alpha value is -5.24. The van der Waals surface area contributed by atoms with Gasteiger partial charge in [-0.15, -0.1) is 0 Å². The van der Waals surface area contributed by atoms with Crippen LogP contribution in [-0.2, 0) is 21.6 Å². The van der Waals surface area contributed by atoms with Crippen molar-refractivity contribution >= 4 is 33.2 Å². The first kappa shape index (κ1) is 38.0. The number of rotatable bonds is 8. The van der Waals surface area contributed by atoms with E-state index in [0.29, 0.717) is 38.5 Å². The first-order valence-corrected chi connectivity index (χ1v) is 18.6. The van der Waals surface area contributed by atoms with Gasteiger partial charge in [0.2, 0.25) is 22.4 Å². The molecule has 0 fully saturated rings. The number of halogens is 4. The van der Waals surface area contributed by atoms with E-state index in [1.165, 1.54) is 24.3 Å². The minimum Gasteiger partial charge on any atom is -0.457 e. The van der Waals surface area contributed by atoms with Crippen LogP contribution in [0.5, 0.6) is 23.0 Å². The lowest BCUT2D eigenvalue weighted by Gasteiger charge is -2.11. The van der Waals surface area contributed by atoms with Crippen LogP contribution in [0.25, 0.3) is 22.6 Å². The van der Waals surface area contributed by atoms with E-state index >= 15 is 0 Å². The molecule has 0 aliphatic carbocycles. The molecule has 0 saturated carbocycles. The van der Waals surface area contributed by atoms with Crippen LogP contribution in [0.2, 0.25) is 5.02 Å². The molecule has 0 saturated heterocycles. The van der Waals surface area contributed by atoms with E-state index in [1.807, 2.05) is 0 Å². The predicted octanol–water partition coefficient (Wildman–Crippen LogP) is 9.36. The predicted molar refractivity (Wildman–Crippen MR) is 193 cm³/mol. The van der Waals surface area contributed by atoms with Crippen LogP contribution < -0.4 is 20.3 Å². The Morgan fingerprint density at radius 1 is 0.577 bits per heavy atom. The summed E-state index contributed by atoms with van der Waals surface area (Å²) in [5.41, 5.74) is 0.0961. The number of benzene rings is 4. The molecule has 4 aromatic carbocycles. The lowest BCUT2D eigenvalue weighted by molar-refractivity contribution is 0.412. The molecule has 52 heavy (non-hydrogen) atoms. The van der Waals surface area contributed by atoms with E-state index in [2.05, 4.69) is 0 Å². The van der Waals surface area contributed by atoms with Crippen LogP contribution in [0.4, 0.5) is 13.2 Å². The number of hydrogen-bond acceptors (Lipinski definition) is 8. The highest BCUT2D eigenvalue weighted by atomic mass is 35.5. The first-order chi connectivity index (χ1) is 24.7. The average molecular weight is 769 g/mol. The third-order valence-electron chi connectivity index (χ3n) is 7.16. The van der Waals surface area contributed by atoms with Gasteiger partial charge in [0.1, 0.15) is 17.3 Å². The molecule has 2 heterocycles. The van der Waals surface area contributed by atoms with Crippen molar-refractivity contribution in [2.45, 2.75) is 23.6 Å². The minimum absolute atomic E-state index is 0.104. The maximum absolute atomic E-state index is 14.0. The molecule has 6 rings (SSSR count). The third kappa shape index (κ3) is 9.15. The van der Waals surface area contributed by atoms with Crippen molar-refractivity contribution in [2.75, 3.05) is 12.5 Å². The molecule has 2 unspecified atom stereocenters. The monoisotopic (exact) mass is 768 g/mol. The van der Waals surface area contributed by atoms with Gasteiger partial charge in [0.05, 0.1) is 0 Å². The Bertz CT molecular complexity index is 2260. The average Bonchev–Trinajstić information content (AvgIpc) is 3.09. The lowest BCUT2D eigenvalue weighted by atomic mass is 10.1. The van der Waals surface area contributed by atoms with E-state index in [-0.39, 0.29) is 39.5 Å². The third-order valence-corrected chi connectivity index (χ3v) is 9.27. The zero-order valence-corrected chi connectivity index (χ0v) is 30.2. The van der Waals surface area contributed by atoms with Gasteiger partial charge in [0.25, 0.3) is 0 Å². The van der Waals surface area contributed by atoms with Crippen molar-refractivity contribution in [1.82, 2.24) is 0 Å². The number of aryl methyl sites for hydroxylation is 2. The largest absolute Gasteiger partial charge is 0.457 e. The zero-order chi connectivity index (χ0) is 37.7. The zero-order valence-electron chi connectivity index (χ0n) is 27.8. The van der Waals surface area contributed by atoms with Gasteiger partial charge in [-0.3, -0.25) is 18.0 Å². The second-order valence-electron chi connectivity index (χ2n) is 11.1. The summed E-state index contributed by atoms with van der Waals surface area (Å²) in [4.78, 5) is 26.0. The van der Waals surface area contributed by atoms with E-state index in [9.17, 15) is 31.2 Å². The normalized spacial score (nSPS) is 12.0. The molecule has 0 spiro atoms. The summed E-state index contributed by atoms with van der Waals surface area (Å²) in [7, 11) is -2.28. The van der Waals surface area contributed by atoms with Crippen molar-refractivity contribution in [3.63, 3.8) is 0 Å². The Balaban J connectivity index is 0.000000201. The van der Waals surface area contributed by atoms with Crippen molar-refractivity contribution in [2.24, 2.45) is 0 Å². The molecule has 2 aromatic heterocycles. The Labute approximate surface area is 305 Å². The molecule has 0 N–H and O–H groups in total. The molecule has 0 aliphatic heterocycles. The van der Waals surface area contributed by atoms with Crippen molar-refractivity contribution in [3.05, 3.63) is 152 Å². The summed E-state index contributed by atoms with van der Waals surface area (Å²) in [5.74, 6) is -2.18. The molecule has 6 aromatic rings. The number of hydrogen-bond donors (Lipinski definition) is 0. The maximum atomic E-state index is 14.0. The van der Waals surface area contributed by atoms with Gasteiger partial charge in [0.15, 0.2) is 34.7 Å². The highest BCUT2D eigenvalue weighted by Gasteiger charge is 2.20. The summed E-state index contributed by atoms with van der Waals surface area (Å²) in [6.07, 6.45) is 3.12. The van der Waals surface area contributed by atoms with E-state index in [1.54, 1.807) is 74.9 Å². The topological polar surface area (TPSA) is 113 Å². The summed E-state index contributed by atoms with van der Waals surface area (Å²) in [6.45, 7) is 3.23. The van der Waals surface area contributed by atoms with Gasteiger partial charge in [0, 0.05) is 78.3 Å². The highest BCUT2D eigenvalue weighted by molar-refractivity contribution is 7.84. The molecular weight excluding hydrogens is 741 g/mol. The highest BCUT2D eigenvalue weighted by Crippen LogP contribution is 2.35. The fraction of sp³-hybridized carbons (Fsp3) is 0.105. The van der Waals surface area contributed by atoms with Crippen LogP contribution in [-0.4, -0.2) is 20.9 Å². The second-order valence-corrected chi connectivity index (χ2v) is 14.3. The van der Waals surface area contributed by atoms with Gasteiger partial charge in [-0.1, -0.05) is 11.6 Å². The molecule has 8 nitrogen and oxygen atoms in total. The van der Waals surface area contributed by atoms with E-state index < -0.39 is 49.9 Å². The molecule has 2 atom stereocenters. The molecule has 268 valence electrons. The molecule has 0 aliphatic rings. The molecule has 14 heteroatoms. The van der Waals surface area contributed by atoms with Crippen LogP contribution in [0.1, 0.15) is 11.5 Å². The molecule has 0 radical (unpaired) electrons. The summed E-state index contributed by atoms with van der Waals surface area (Å²) >= 11 is 5.74. The summed E-state index contributed by atoms with van der Waals surface area (Å²) in [6, 6.07) is 22.4. The summed E-state index contributed by atoms with van der Waals surface area (Å²) < 4.78 is 86.2. The van der Waals surface area contributed by atoms with E-state index in [4.69, 9.17) is 29.9 Å². The van der Waals surface area contributed by atoms with Crippen LogP contribution >= 0.6 is 11.6 Å². The molecular formula is C38H28ClF3O8S2. The van der Waals surface area contributed by atoms with Crippen molar-refractivity contribution in [3.8, 4) is 45.6 Å². The second kappa shape index (κ2) is 16.4. The smallest absolute Gasteiger partial charge is 0.228 e.